The number of carbonyl (C=O) groups excluding carboxylic acids is 1. The van der Waals surface area contributed by atoms with E-state index in [4.69, 9.17) is 0 Å². The van der Waals surface area contributed by atoms with Crippen molar-refractivity contribution in [3.63, 3.8) is 0 Å². The summed E-state index contributed by atoms with van der Waals surface area (Å²) in [5.41, 5.74) is 0. The standard InChI is InChI=1S/C11H23NO/c1-5-7-10(4)12-8-11(13)9(3)6-2/h9-10,12H,5-8H2,1-4H3. The molecule has 2 atom stereocenters. The number of Topliss-reactive ketones (excluding diaryl/α,β-unsaturated/α-hetero) is 1. The van der Waals surface area contributed by atoms with E-state index in [9.17, 15) is 4.79 Å². The summed E-state index contributed by atoms with van der Waals surface area (Å²) in [4.78, 5) is 11.4. The Labute approximate surface area is 82.1 Å². The van der Waals surface area contributed by atoms with Gasteiger partial charge in [0.2, 0.25) is 0 Å². The molecule has 78 valence electrons. The Kier molecular flexibility index (Phi) is 6.87. The minimum atomic E-state index is 0.210. The molecular weight excluding hydrogens is 162 g/mol. The predicted octanol–water partition coefficient (Wildman–Crippen LogP) is 2.38. The first-order valence-corrected chi connectivity index (χ1v) is 5.37. The fourth-order valence-corrected chi connectivity index (χ4v) is 1.21. The lowest BCUT2D eigenvalue weighted by molar-refractivity contribution is -0.121. The van der Waals surface area contributed by atoms with Crippen LogP contribution in [0.15, 0.2) is 0 Å². The zero-order chi connectivity index (χ0) is 10.3. The minimum Gasteiger partial charge on any atom is -0.307 e. The summed E-state index contributed by atoms with van der Waals surface area (Å²) in [7, 11) is 0. The maximum absolute atomic E-state index is 11.4. The molecule has 0 aliphatic carbocycles. The minimum absolute atomic E-state index is 0.210. The molecule has 0 saturated carbocycles. The van der Waals surface area contributed by atoms with Gasteiger partial charge in [-0.3, -0.25) is 4.79 Å². The van der Waals surface area contributed by atoms with Crippen LogP contribution >= 0.6 is 0 Å². The number of hydrogen-bond acceptors (Lipinski definition) is 2. The SMILES string of the molecule is CCCC(C)NCC(=O)C(C)CC. The van der Waals surface area contributed by atoms with Crippen LogP contribution in [-0.2, 0) is 4.79 Å². The van der Waals surface area contributed by atoms with Crippen LogP contribution in [-0.4, -0.2) is 18.4 Å². The summed E-state index contributed by atoms with van der Waals surface area (Å²) >= 11 is 0. The molecule has 0 bridgehead atoms. The topological polar surface area (TPSA) is 29.1 Å². The first-order chi connectivity index (χ1) is 6.11. The lowest BCUT2D eigenvalue weighted by Crippen LogP contribution is -2.33. The first kappa shape index (κ1) is 12.6. The van der Waals surface area contributed by atoms with Crippen molar-refractivity contribution >= 4 is 5.78 Å². The van der Waals surface area contributed by atoms with Gasteiger partial charge in [0.05, 0.1) is 6.54 Å². The zero-order valence-corrected chi connectivity index (χ0v) is 9.39. The molecule has 0 rings (SSSR count). The Morgan fingerprint density at radius 1 is 1.31 bits per heavy atom. The molecule has 0 aliphatic heterocycles. The largest absolute Gasteiger partial charge is 0.307 e. The number of nitrogens with one attached hydrogen (secondary N) is 1. The molecule has 2 unspecified atom stereocenters. The first-order valence-electron chi connectivity index (χ1n) is 5.37. The van der Waals surface area contributed by atoms with E-state index in [2.05, 4.69) is 26.1 Å². The Bertz CT molecular complexity index is 145. The highest BCUT2D eigenvalue weighted by Crippen LogP contribution is 2.02. The Morgan fingerprint density at radius 2 is 1.92 bits per heavy atom. The normalized spacial score (nSPS) is 15.4. The fourth-order valence-electron chi connectivity index (χ4n) is 1.21. The third-order valence-electron chi connectivity index (χ3n) is 2.51. The molecule has 0 aliphatic rings. The van der Waals surface area contributed by atoms with Crippen LogP contribution < -0.4 is 5.32 Å². The highest BCUT2D eigenvalue weighted by molar-refractivity contribution is 5.82. The third-order valence-corrected chi connectivity index (χ3v) is 2.51. The molecule has 0 aromatic carbocycles. The van der Waals surface area contributed by atoms with Crippen molar-refractivity contribution in [1.29, 1.82) is 0 Å². The average Bonchev–Trinajstić information content (AvgIpc) is 2.13. The van der Waals surface area contributed by atoms with Gasteiger partial charge in [-0.15, -0.1) is 0 Å². The van der Waals surface area contributed by atoms with Gasteiger partial charge in [-0.25, -0.2) is 0 Å². The average molecular weight is 185 g/mol. The lowest BCUT2D eigenvalue weighted by Gasteiger charge is -2.13. The van der Waals surface area contributed by atoms with E-state index in [1.807, 2.05) is 6.92 Å². The van der Waals surface area contributed by atoms with E-state index in [1.54, 1.807) is 0 Å². The van der Waals surface area contributed by atoms with Gasteiger partial charge in [-0.05, 0) is 19.8 Å². The van der Waals surface area contributed by atoms with Crippen molar-refractivity contribution in [2.24, 2.45) is 5.92 Å². The van der Waals surface area contributed by atoms with Crippen molar-refractivity contribution in [3.05, 3.63) is 0 Å². The van der Waals surface area contributed by atoms with E-state index in [1.165, 1.54) is 6.42 Å². The van der Waals surface area contributed by atoms with Crippen molar-refractivity contribution in [2.45, 2.75) is 53.0 Å². The molecule has 2 heteroatoms. The van der Waals surface area contributed by atoms with E-state index in [0.717, 1.165) is 12.8 Å². The molecule has 0 heterocycles. The lowest BCUT2D eigenvalue weighted by atomic mass is 10.0. The van der Waals surface area contributed by atoms with Gasteiger partial charge in [-0.1, -0.05) is 27.2 Å². The van der Waals surface area contributed by atoms with E-state index in [-0.39, 0.29) is 5.92 Å². The van der Waals surface area contributed by atoms with E-state index in [0.29, 0.717) is 18.4 Å². The maximum atomic E-state index is 11.4. The number of rotatable bonds is 7. The van der Waals surface area contributed by atoms with Crippen LogP contribution in [0.3, 0.4) is 0 Å². The molecule has 13 heavy (non-hydrogen) atoms. The van der Waals surface area contributed by atoms with Crippen LogP contribution in [0, 0.1) is 5.92 Å². The van der Waals surface area contributed by atoms with Crippen molar-refractivity contribution in [2.75, 3.05) is 6.54 Å². The molecule has 0 aromatic heterocycles. The Hall–Kier alpha value is -0.370. The predicted molar refractivity (Wildman–Crippen MR) is 56.8 cm³/mol. The van der Waals surface area contributed by atoms with E-state index >= 15 is 0 Å². The highest BCUT2D eigenvalue weighted by atomic mass is 16.1. The highest BCUT2D eigenvalue weighted by Gasteiger charge is 2.10. The molecule has 0 spiro atoms. The van der Waals surface area contributed by atoms with Gasteiger partial charge in [0.1, 0.15) is 5.78 Å². The van der Waals surface area contributed by atoms with Gasteiger partial charge in [-0.2, -0.15) is 0 Å². The summed E-state index contributed by atoms with van der Waals surface area (Å²) in [6.45, 7) is 8.88. The summed E-state index contributed by atoms with van der Waals surface area (Å²) in [6.07, 6.45) is 3.27. The molecule has 0 saturated heterocycles. The summed E-state index contributed by atoms with van der Waals surface area (Å²) in [6, 6.07) is 0.470. The summed E-state index contributed by atoms with van der Waals surface area (Å²) in [5, 5.41) is 3.25. The summed E-state index contributed by atoms with van der Waals surface area (Å²) in [5.74, 6) is 0.548. The zero-order valence-electron chi connectivity index (χ0n) is 9.39. The molecule has 0 aromatic rings. The van der Waals surface area contributed by atoms with Crippen molar-refractivity contribution in [3.8, 4) is 0 Å². The quantitative estimate of drug-likeness (QED) is 0.660. The molecule has 0 radical (unpaired) electrons. The van der Waals surface area contributed by atoms with Crippen LogP contribution in [0.1, 0.15) is 47.0 Å². The van der Waals surface area contributed by atoms with Crippen molar-refractivity contribution in [1.82, 2.24) is 5.32 Å². The number of ketones is 1. The Morgan fingerprint density at radius 3 is 2.38 bits per heavy atom. The smallest absolute Gasteiger partial charge is 0.149 e. The third kappa shape index (κ3) is 5.81. The number of hydrogen-bond donors (Lipinski definition) is 1. The van der Waals surface area contributed by atoms with Crippen LogP contribution in [0.2, 0.25) is 0 Å². The monoisotopic (exact) mass is 185 g/mol. The van der Waals surface area contributed by atoms with Gasteiger partial charge >= 0.3 is 0 Å². The fraction of sp³-hybridized carbons (Fsp3) is 0.909. The second-order valence-electron chi connectivity index (χ2n) is 3.85. The van der Waals surface area contributed by atoms with Gasteiger partial charge in [0.15, 0.2) is 0 Å². The molecule has 1 N–H and O–H groups in total. The van der Waals surface area contributed by atoms with Crippen LogP contribution in [0.5, 0.6) is 0 Å². The molecule has 2 nitrogen and oxygen atoms in total. The second kappa shape index (κ2) is 7.07. The maximum Gasteiger partial charge on any atom is 0.149 e. The molecule has 0 fully saturated rings. The Balaban J connectivity index is 3.57. The second-order valence-corrected chi connectivity index (χ2v) is 3.85. The van der Waals surface area contributed by atoms with Gasteiger partial charge in [0, 0.05) is 12.0 Å². The van der Waals surface area contributed by atoms with E-state index < -0.39 is 0 Å². The van der Waals surface area contributed by atoms with Gasteiger partial charge < -0.3 is 5.32 Å². The molecule has 0 amide bonds. The van der Waals surface area contributed by atoms with Crippen LogP contribution in [0.4, 0.5) is 0 Å². The summed E-state index contributed by atoms with van der Waals surface area (Å²) < 4.78 is 0. The molecular formula is C11H23NO. The van der Waals surface area contributed by atoms with Crippen molar-refractivity contribution < 1.29 is 4.79 Å². The number of carbonyl (C=O) groups is 1. The van der Waals surface area contributed by atoms with Crippen LogP contribution in [0.25, 0.3) is 0 Å². The van der Waals surface area contributed by atoms with Gasteiger partial charge in [0.25, 0.3) is 0 Å².